The molecule has 0 spiro atoms. The van der Waals surface area contributed by atoms with E-state index < -0.39 is 5.82 Å². The third-order valence-corrected chi connectivity index (χ3v) is 3.00. The summed E-state index contributed by atoms with van der Waals surface area (Å²) in [7, 11) is 0. The van der Waals surface area contributed by atoms with Gasteiger partial charge in [0.2, 0.25) is 5.91 Å². The smallest absolute Gasteiger partial charge is 0.226 e. The lowest BCUT2D eigenvalue weighted by Gasteiger charge is -2.26. The first-order valence-corrected chi connectivity index (χ1v) is 6.02. The standard InChI is InChI=1S/C14H21FN2O/c1-9-6-5-7-10(15)13(9)17-12(18)8-11(16)14(2,3)4/h5-7,11H,8,16H2,1-4H3,(H,17,18). The summed E-state index contributed by atoms with van der Waals surface area (Å²) < 4.78 is 13.5. The van der Waals surface area contributed by atoms with Gasteiger partial charge >= 0.3 is 0 Å². The molecule has 1 unspecified atom stereocenters. The van der Waals surface area contributed by atoms with Crippen LogP contribution in [0.2, 0.25) is 0 Å². The highest BCUT2D eigenvalue weighted by Crippen LogP contribution is 2.22. The van der Waals surface area contributed by atoms with Gasteiger partial charge in [-0.05, 0) is 24.0 Å². The Balaban J connectivity index is 2.72. The predicted molar refractivity (Wildman–Crippen MR) is 71.8 cm³/mol. The van der Waals surface area contributed by atoms with Gasteiger partial charge in [-0.25, -0.2) is 4.39 Å². The van der Waals surface area contributed by atoms with E-state index in [0.717, 1.165) is 0 Å². The number of nitrogens with one attached hydrogen (secondary N) is 1. The predicted octanol–water partition coefficient (Wildman–Crippen LogP) is 2.84. The van der Waals surface area contributed by atoms with Gasteiger partial charge in [0, 0.05) is 12.5 Å². The molecule has 0 aliphatic rings. The van der Waals surface area contributed by atoms with E-state index in [-0.39, 0.29) is 29.5 Å². The van der Waals surface area contributed by atoms with Gasteiger partial charge in [-0.1, -0.05) is 32.9 Å². The molecule has 0 bridgehead atoms. The molecule has 0 aliphatic carbocycles. The number of anilines is 1. The van der Waals surface area contributed by atoms with Crippen LogP contribution in [0.1, 0.15) is 32.8 Å². The van der Waals surface area contributed by atoms with Gasteiger partial charge < -0.3 is 11.1 Å². The second-order valence-corrected chi connectivity index (χ2v) is 5.66. The van der Waals surface area contributed by atoms with Gasteiger partial charge in [-0.15, -0.1) is 0 Å². The molecule has 100 valence electrons. The highest BCUT2D eigenvalue weighted by atomic mass is 19.1. The molecule has 3 N–H and O–H groups in total. The van der Waals surface area contributed by atoms with Crippen LogP contribution in [0, 0.1) is 18.2 Å². The van der Waals surface area contributed by atoms with E-state index in [1.165, 1.54) is 6.07 Å². The van der Waals surface area contributed by atoms with E-state index in [4.69, 9.17) is 5.73 Å². The van der Waals surface area contributed by atoms with E-state index in [9.17, 15) is 9.18 Å². The molecule has 18 heavy (non-hydrogen) atoms. The summed E-state index contributed by atoms with van der Waals surface area (Å²) in [6, 6.07) is 4.43. The number of halogens is 1. The molecule has 1 rings (SSSR count). The first-order chi connectivity index (χ1) is 8.21. The molecule has 4 heteroatoms. The van der Waals surface area contributed by atoms with Crippen LogP contribution >= 0.6 is 0 Å². The fourth-order valence-electron chi connectivity index (χ4n) is 1.49. The van der Waals surface area contributed by atoms with E-state index in [1.807, 2.05) is 20.8 Å². The Hall–Kier alpha value is -1.42. The first-order valence-electron chi connectivity index (χ1n) is 6.02. The van der Waals surface area contributed by atoms with E-state index >= 15 is 0 Å². The molecule has 1 aromatic carbocycles. The second-order valence-electron chi connectivity index (χ2n) is 5.66. The molecule has 0 saturated carbocycles. The zero-order valence-electron chi connectivity index (χ0n) is 11.4. The van der Waals surface area contributed by atoms with Crippen LogP contribution in [0.3, 0.4) is 0 Å². The topological polar surface area (TPSA) is 55.1 Å². The van der Waals surface area contributed by atoms with Crippen molar-refractivity contribution < 1.29 is 9.18 Å². The fraction of sp³-hybridized carbons (Fsp3) is 0.500. The molecular weight excluding hydrogens is 231 g/mol. The maximum Gasteiger partial charge on any atom is 0.226 e. The maximum atomic E-state index is 13.5. The minimum Gasteiger partial charge on any atom is -0.327 e. The molecule has 3 nitrogen and oxygen atoms in total. The van der Waals surface area contributed by atoms with Crippen molar-refractivity contribution in [3.05, 3.63) is 29.6 Å². The van der Waals surface area contributed by atoms with Crippen molar-refractivity contribution in [3.63, 3.8) is 0 Å². The number of carbonyl (C=O) groups excluding carboxylic acids is 1. The second kappa shape index (κ2) is 5.48. The monoisotopic (exact) mass is 252 g/mol. The third kappa shape index (κ3) is 3.81. The molecular formula is C14H21FN2O. The Bertz CT molecular complexity index is 418. The van der Waals surface area contributed by atoms with E-state index in [1.54, 1.807) is 19.1 Å². The molecule has 1 aromatic rings. The molecule has 0 aromatic heterocycles. The maximum absolute atomic E-state index is 13.5. The van der Waals surface area contributed by atoms with Crippen LogP contribution in [0.5, 0.6) is 0 Å². The Morgan fingerprint density at radius 1 is 1.44 bits per heavy atom. The number of para-hydroxylation sites is 1. The minimum absolute atomic E-state index is 0.151. The fourth-order valence-corrected chi connectivity index (χ4v) is 1.49. The zero-order valence-corrected chi connectivity index (χ0v) is 11.4. The van der Waals surface area contributed by atoms with Gasteiger partial charge in [0.15, 0.2) is 0 Å². The summed E-state index contributed by atoms with van der Waals surface area (Å²) in [6.07, 6.45) is 0.178. The lowest BCUT2D eigenvalue weighted by molar-refractivity contribution is -0.117. The average molecular weight is 252 g/mol. The van der Waals surface area contributed by atoms with Gasteiger partial charge in [-0.2, -0.15) is 0 Å². The van der Waals surface area contributed by atoms with Crippen LogP contribution in [-0.2, 0) is 4.79 Å². The number of aryl methyl sites for hydroxylation is 1. The first kappa shape index (κ1) is 14.6. The van der Waals surface area contributed by atoms with Gasteiger partial charge in [0.05, 0.1) is 5.69 Å². The van der Waals surface area contributed by atoms with Crippen LogP contribution in [-0.4, -0.2) is 11.9 Å². The lowest BCUT2D eigenvalue weighted by atomic mass is 9.85. The molecule has 0 saturated heterocycles. The summed E-state index contributed by atoms with van der Waals surface area (Å²) in [5.41, 5.74) is 6.72. The molecule has 0 heterocycles. The normalized spacial score (nSPS) is 13.2. The summed E-state index contributed by atoms with van der Waals surface area (Å²) in [5, 5.41) is 2.59. The van der Waals surface area contributed by atoms with Crippen molar-refractivity contribution in [2.75, 3.05) is 5.32 Å². The van der Waals surface area contributed by atoms with Crippen LogP contribution in [0.15, 0.2) is 18.2 Å². The molecule has 0 radical (unpaired) electrons. The minimum atomic E-state index is -0.423. The van der Waals surface area contributed by atoms with E-state index in [2.05, 4.69) is 5.32 Å². The number of benzene rings is 1. The van der Waals surface area contributed by atoms with Gasteiger partial charge in [0.25, 0.3) is 0 Å². The van der Waals surface area contributed by atoms with Crippen molar-refractivity contribution in [1.29, 1.82) is 0 Å². The van der Waals surface area contributed by atoms with Crippen molar-refractivity contribution >= 4 is 11.6 Å². The van der Waals surface area contributed by atoms with Crippen molar-refractivity contribution in [3.8, 4) is 0 Å². The Morgan fingerprint density at radius 2 is 2.06 bits per heavy atom. The Morgan fingerprint density at radius 3 is 2.56 bits per heavy atom. The molecule has 0 fully saturated rings. The number of carbonyl (C=O) groups is 1. The van der Waals surface area contributed by atoms with Crippen molar-refractivity contribution in [2.24, 2.45) is 11.1 Å². The summed E-state index contributed by atoms with van der Waals surface area (Å²) in [5.74, 6) is -0.682. The Labute approximate surface area is 108 Å². The van der Waals surface area contributed by atoms with Crippen LogP contribution in [0.4, 0.5) is 10.1 Å². The number of nitrogens with two attached hydrogens (primary N) is 1. The summed E-state index contributed by atoms with van der Waals surface area (Å²) in [4.78, 5) is 11.8. The van der Waals surface area contributed by atoms with Crippen molar-refractivity contribution in [2.45, 2.75) is 40.2 Å². The van der Waals surface area contributed by atoms with Crippen LogP contribution < -0.4 is 11.1 Å². The highest BCUT2D eigenvalue weighted by Gasteiger charge is 2.23. The average Bonchev–Trinajstić information content (AvgIpc) is 2.22. The quantitative estimate of drug-likeness (QED) is 0.869. The molecule has 1 atom stereocenters. The Kier molecular flexibility index (Phi) is 4.46. The van der Waals surface area contributed by atoms with Gasteiger partial charge in [-0.3, -0.25) is 4.79 Å². The van der Waals surface area contributed by atoms with Crippen LogP contribution in [0.25, 0.3) is 0 Å². The SMILES string of the molecule is Cc1cccc(F)c1NC(=O)CC(N)C(C)(C)C. The van der Waals surface area contributed by atoms with Crippen molar-refractivity contribution in [1.82, 2.24) is 0 Å². The number of hydrogen-bond acceptors (Lipinski definition) is 2. The largest absolute Gasteiger partial charge is 0.327 e. The number of amides is 1. The zero-order chi connectivity index (χ0) is 13.9. The highest BCUT2D eigenvalue weighted by molar-refractivity contribution is 5.92. The van der Waals surface area contributed by atoms with Gasteiger partial charge in [0.1, 0.15) is 5.82 Å². The third-order valence-electron chi connectivity index (χ3n) is 3.00. The summed E-state index contributed by atoms with van der Waals surface area (Å²) >= 11 is 0. The van der Waals surface area contributed by atoms with E-state index in [0.29, 0.717) is 5.56 Å². The lowest BCUT2D eigenvalue weighted by Crippen LogP contribution is -2.38. The molecule has 1 amide bonds. The summed E-state index contributed by atoms with van der Waals surface area (Å²) in [6.45, 7) is 7.67. The number of rotatable bonds is 3. The molecule has 0 aliphatic heterocycles. The number of hydrogen-bond donors (Lipinski definition) is 2.